The molecular weight excluding hydrogens is 484 g/mol. The van der Waals surface area contributed by atoms with Crippen molar-refractivity contribution in [1.82, 2.24) is 9.80 Å². The van der Waals surface area contributed by atoms with E-state index in [0.717, 1.165) is 56.8 Å². The van der Waals surface area contributed by atoms with E-state index in [1.807, 2.05) is 52.1 Å². The molecule has 1 atom stereocenters. The molecule has 1 unspecified atom stereocenters. The number of thiophene rings is 1. The third kappa shape index (κ3) is 4.50. The van der Waals surface area contributed by atoms with Crippen molar-refractivity contribution in [2.45, 2.75) is 19.4 Å². The van der Waals surface area contributed by atoms with E-state index in [-0.39, 0.29) is 30.2 Å². The fourth-order valence-electron chi connectivity index (χ4n) is 5.77. The highest BCUT2D eigenvalue weighted by Crippen LogP contribution is 2.35. The minimum absolute atomic E-state index is 0.109. The van der Waals surface area contributed by atoms with Crippen LogP contribution >= 0.6 is 11.3 Å². The second-order valence-corrected chi connectivity index (χ2v) is 10.7. The Hall–Kier alpha value is -3.65. The molecule has 190 valence electrons. The zero-order valence-corrected chi connectivity index (χ0v) is 21.5. The van der Waals surface area contributed by atoms with Crippen molar-refractivity contribution in [2.75, 3.05) is 49.1 Å². The first-order valence-electron chi connectivity index (χ1n) is 12.9. The van der Waals surface area contributed by atoms with Gasteiger partial charge in [-0.15, -0.1) is 0 Å². The molecule has 0 bridgehead atoms. The second-order valence-electron chi connectivity index (χ2n) is 9.96. The van der Waals surface area contributed by atoms with Gasteiger partial charge >= 0.3 is 0 Å². The topological polar surface area (TPSA) is 64.2 Å². The lowest BCUT2D eigenvalue weighted by molar-refractivity contribution is -0.136. The van der Waals surface area contributed by atoms with Gasteiger partial charge < -0.3 is 14.7 Å². The quantitative estimate of drug-likeness (QED) is 0.480. The lowest BCUT2D eigenvalue weighted by atomic mass is 9.94. The lowest BCUT2D eigenvalue weighted by Crippen LogP contribution is -2.52. The van der Waals surface area contributed by atoms with Gasteiger partial charge in [-0.1, -0.05) is 24.3 Å². The normalized spacial score (nSPS) is 19.9. The number of rotatable bonds is 5. The number of benzene rings is 2. The number of amides is 3. The van der Waals surface area contributed by atoms with E-state index >= 15 is 0 Å². The van der Waals surface area contributed by atoms with Gasteiger partial charge in [-0.3, -0.25) is 19.3 Å². The van der Waals surface area contributed by atoms with Gasteiger partial charge in [0.15, 0.2) is 0 Å². The number of nitrogens with zero attached hydrogens (tertiary/aromatic N) is 4. The Labute approximate surface area is 220 Å². The van der Waals surface area contributed by atoms with Gasteiger partial charge in [0.25, 0.3) is 11.8 Å². The molecular formula is C29H30N4O3S. The molecule has 37 heavy (non-hydrogen) atoms. The van der Waals surface area contributed by atoms with Crippen LogP contribution in [0.1, 0.15) is 39.1 Å². The Morgan fingerprint density at radius 2 is 1.68 bits per heavy atom. The summed E-state index contributed by atoms with van der Waals surface area (Å²) < 4.78 is 0. The Morgan fingerprint density at radius 1 is 0.865 bits per heavy atom. The molecule has 0 saturated carbocycles. The van der Waals surface area contributed by atoms with Crippen LogP contribution in [0.4, 0.5) is 11.4 Å². The molecule has 2 saturated heterocycles. The summed E-state index contributed by atoms with van der Waals surface area (Å²) in [5, 5.41) is 3.91. The SMILES string of the molecule is O=C(C1CCCN(c2cccc3c2C(=O)N(Cc2ccsc2)C3=O)C1)N1CCN(c2ccccc2)CC1. The van der Waals surface area contributed by atoms with Crippen molar-refractivity contribution in [2.24, 2.45) is 5.92 Å². The van der Waals surface area contributed by atoms with Crippen molar-refractivity contribution in [1.29, 1.82) is 0 Å². The zero-order chi connectivity index (χ0) is 25.4. The summed E-state index contributed by atoms with van der Waals surface area (Å²) in [7, 11) is 0. The highest BCUT2D eigenvalue weighted by atomic mass is 32.1. The maximum Gasteiger partial charge on any atom is 0.263 e. The average Bonchev–Trinajstić information content (AvgIpc) is 3.56. The first-order valence-corrected chi connectivity index (χ1v) is 13.9. The van der Waals surface area contributed by atoms with Crippen LogP contribution in [0.25, 0.3) is 0 Å². The third-order valence-electron chi connectivity index (χ3n) is 7.72. The van der Waals surface area contributed by atoms with E-state index in [0.29, 0.717) is 17.7 Å². The summed E-state index contributed by atoms with van der Waals surface area (Å²) in [4.78, 5) is 47.8. The first kappa shape index (κ1) is 23.7. The number of imide groups is 1. The molecule has 7 nitrogen and oxygen atoms in total. The van der Waals surface area contributed by atoms with E-state index in [9.17, 15) is 14.4 Å². The molecule has 1 aromatic heterocycles. The molecule has 0 N–H and O–H groups in total. The Balaban J connectivity index is 1.15. The third-order valence-corrected chi connectivity index (χ3v) is 8.45. The first-order chi connectivity index (χ1) is 18.1. The lowest BCUT2D eigenvalue weighted by Gasteiger charge is -2.40. The fraction of sp³-hybridized carbons (Fsp3) is 0.345. The van der Waals surface area contributed by atoms with Crippen molar-refractivity contribution < 1.29 is 14.4 Å². The molecule has 8 heteroatoms. The smallest absolute Gasteiger partial charge is 0.263 e. The molecule has 0 radical (unpaired) electrons. The second kappa shape index (κ2) is 10.0. The zero-order valence-electron chi connectivity index (χ0n) is 20.7. The summed E-state index contributed by atoms with van der Waals surface area (Å²) in [6.07, 6.45) is 1.73. The molecule has 3 aliphatic rings. The van der Waals surface area contributed by atoms with Crippen molar-refractivity contribution in [3.05, 3.63) is 82.0 Å². The summed E-state index contributed by atoms with van der Waals surface area (Å²) in [6, 6.07) is 17.8. The van der Waals surface area contributed by atoms with E-state index in [2.05, 4.69) is 21.9 Å². The predicted molar refractivity (Wildman–Crippen MR) is 145 cm³/mol. The highest BCUT2D eigenvalue weighted by molar-refractivity contribution is 7.07. The number of fused-ring (bicyclic) bond motifs is 1. The molecule has 0 aliphatic carbocycles. The van der Waals surface area contributed by atoms with Crippen LogP contribution in [0.5, 0.6) is 0 Å². The van der Waals surface area contributed by atoms with Crippen LogP contribution in [0.2, 0.25) is 0 Å². The molecule has 3 amide bonds. The molecule has 2 fully saturated rings. The fourth-order valence-corrected chi connectivity index (χ4v) is 6.43. The number of piperidine rings is 1. The van der Waals surface area contributed by atoms with E-state index in [1.54, 1.807) is 17.4 Å². The number of hydrogen-bond donors (Lipinski definition) is 0. The number of piperazine rings is 1. The van der Waals surface area contributed by atoms with Crippen LogP contribution in [0.3, 0.4) is 0 Å². The maximum atomic E-state index is 13.5. The number of anilines is 2. The van der Waals surface area contributed by atoms with Crippen molar-refractivity contribution in [3.63, 3.8) is 0 Å². The monoisotopic (exact) mass is 514 g/mol. The van der Waals surface area contributed by atoms with Gasteiger partial charge in [0.2, 0.25) is 5.91 Å². The van der Waals surface area contributed by atoms with Gasteiger partial charge in [0, 0.05) is 45.0 Å². The van der Waals surface area contributed by atoms with Crippen LogP contribution in [0.15, 0.2) is 65.4 Å². The van der Waals surface area contributed by atoms with E-state index in [1.165, 1.54) is 10.6 Å². The maximum absolute atomic E-state index is 13.5. The van der Waals surface area contributed by atoms with Crippen LogP contribution in [0, 0.1) is 5.92 Å². The number of hydrogen-bond acceptors (Lipinski definition) is 6. The van der Waals surface area contributed by atoms with Crippen LogP contribution < -0.4 is 9.80 Å². The summed E-state index contributed by atoms with van der Waals surface area (Å²) in [6.45, 7) is 4.72. The highest BCUT2D eigenvalue weighted by Gasteiger charge is 2.40. The molecule has 6 rings (SSSR count). The van der Waals surface area contributed by atoms with Gasteiger partial charge in [-0.2, -0.15) is 11.3 Å². The summed E-state index contributed by atoms with van der Waals surface area (Å²) in [5.41, 5.74) is 3.87. The molecule has 3 aromatic rings. The van der Waals surface area contributed by atoms with Crippen LogP contribution in [-0.2, 0) is 11.3 Å². The standard InChI is InChI=1S/C29H30N4O3S/c34-27(31-15-13-30(14-16-31)23-7-2-1-3-8-23)22-6-5-12-32(19-22)25-10-4-9-24-26(25)29(36)33(28(24)35)18-21-11-17-37-20-21/h1-4,7-11,17,20,22H,5-6,12-16,18-19H2. The number of carbonyl (C=O) groups is 3. The van der Waals surface area contributed by atoms with Gasteiger partial charge in [0.1, 0.15) is 0 Å². The number of carbonyl (C=O) groups excluding carboxylic acids is 3. The molecule has 4 heterocycles. The van der Waals surface area contributed by atoms with E-state index in [4.69, 9.17) is 0 Å². The van der Waals surface area contributed by atoms with Crippen molar-refractivity contribution in [3.8, 4) is 0 Å². The Bertz CT molecular complexity index is 1300. The minimum Gasteiger partial charge on any atom is -0.370 e. The Kier molecular flexibility index (Phi) is 6.42. The predicted octanol–water partition coefficient (Wildman–Crippen LogP) is 4.11. The summed E-state index contributed by atoms with van der Waals surface area (Å²) in [5.74, 6) is -0.394. The minimum atomic E-state index is -0.243. The average molecular weight is 515 g/mol. The molecule has 0 spiro atoms. The Morgan fingerprint density at radius 3 is 2.43 bits per heavy atom. The molecule has 3 aliphatic heterocycles. The largest absolute Gasteiger partial charge is 0.370 e. The van der Waals surface area contributed by atoms with Gasteiger partial charge in [0.05, 0.1) is 29.3 Å². The molecule has 2 aromatic carbocycles. The number of para-hydroxylation sites is 1. The van der Waals surface area contributed by atoms with Crippen molar-refractivity contribution >= 4 is 40.4 Å². The van der Waals surface area contributed by atoms with E-state index < -0.39 is 0 Å². The van der Waals surface area contributed by atoms with Gasteiger partial charge in [-0.05, 0) is 59.5 Å². The van der Waals surface area contributed by atoms with Gasteiger partial charge in [-0.25, -0.2) is 0 Å². The summed E-state index contributed by atoms with van der Waals surface area (Å²) >= 11 is 1.55. The van der Waals surface area contributed by atoms with Crippen LogP contribution in [-0.4, -0.2) is 66.8 Å².